The van der Waals surface area contributed by atoms with Gasteiger partial charge in [0.25, 0.3) is 0 Å². The van der Waals surface area contributed by atoms with Crippen molar-refractivity contribution in [3.63, 3.8) is 0 Å². The van der Waals surface area contributed by atoms with Crippen LogP contribution >= 0.6 is 0 Å². The summed E-state index contributed by atoms with van der Waals surface area (Å²) < 4.78 is 29.4. The molecule has 0 fully saturated rings. The number of aliphatic hydroxyl groups is 1. The molecule has 0 bridgehead atoms. The van der Waals surface area contributed by atoms with E-state index >= 15 is 0 Å². The van der Waals surface area contributed by atoms with E-state index < -0.39 is 30.2 Å². The summed E-state index contributed by atoms with van der Waals surface area (Å²) in [5, 5.41) is 17.3. The number of pyridine rings is 2. The number of aromatic nitrogens is 4. The Labute approximate surface area is 265 Å². The minimum Gasteiger partial charge on any atom is -0.598 e. The molecule has 0 amide bonds. The Bertz CT molecular complexity index is 1600. The molecule has 44 heavy (non-hydrogen) atoms. The van der Waals surface area contributed by atoms with Crippen molar-refractivity contribution in [3.05, 3.63) is 66.1 Å². The first-order chi connectivity index (χ1) is 20.5. The molecule has 1 aromatic carbocycles. The van der Waals surface area contributed by atoms with Crippen LogP contribution in [0.4, 0.5) is 0 Å². The average molecular weight is 638 g/mol. The van der Waals surface area contributed by atoms with Crippen molar-refractivity contribution in [2.75, 3.05) is 7.11 Å². The smallest absolute Gasteiger partial charge is 0.200 e. The molecule has 1 unspecified atom stereocenters. The number of methoxy groups -OCH3 is 1. The number of fused-ring (bicyclic) bond motifs is 1. The lowest BCUT2D eigenvalue weighted by molar-refractivity contribution is 0.0101. The van der Waals surface area contributed by atoms with Crippen LogP contribution in [0.25, 0.3) is 28.0 Å². The van der Waals surface area contributed by atoms with Crippen molar-refractivity contribution in [1.82, 2.24) is 24.5 Å². The molecule has 0 aliphatic heterocycles. The van der Waals surface area contributed by atoms with Gasteiger partial charge in [-0.2, -0.15) is 5.10 Å². The van der Waals surface area contributed by atoms with Gasteiger partial charge < -0.3 is 18.8 Å². The fourth-order valence-electron chi connectivity index (χ4n) is 4.46. The third-order valence-corrected chi connectivity index (χ3v) is 14.3. The SMILES string of the molecule is CCC[C@@](O)(N[S+]([O-])C(C)(C)C)c1cccc(-c2cc(OC)c3cnn(-c4cccc(CO[Si](C)(C)C(C)(C)C)n4)c3c2)n1. The molecule has 0 aliphatic carbocycles. The second-order valence-corrected chi connectivity index (χ2v) is 20.5. The molecule has 0 radical (unpaired) electrons. The summed E-state index contributed by atoms with van der Waals surface area (Å²) in [7, 11) is -0.312. The second kappa shape index (κ2) is 12.9. The molecular formula is C33H47N5O4SSi. The minimum atomic E-state index is -1.94. The van der Waals surface area contributed by atoms with Crippen LogP contribution < -0.4 is 9.46 Å². The Balaban J connectivity index is 1.74. The summed E-state index contributed by atoms with van der Waals surface area (Å²) >= 11 is -1.50. The highest BCUT2D eigenvalue weighted by Crippen LogP contribution is 2.37. The van der Waals surface area contributed by atoms with E-state index in [-0.39, 0.29) is 5.04 Å². The Morgan fingerprint density at radius 2 is 1.73 bits per heavy atom. The topological polar surface area (TPSA) is 117 Å². The van der Waals surface area contributed by atoms with E-state index in [0.29, 0.717) is 42.4 Å². The lowest BCUT2D eigenvalue weighted by atomic mass is 10.0. The number of rotatable bonds is 11. The third-order valence-electron chi connectivity index (χ3n) is 8.16. The van der Waals surface area contributed by atoms with Crippen molar-refractivity contribution in [3.8, 4) is 22.8 Å². The summed E-state index contributed by atoms with van der Waals surface area (Å²) in [5.74, 6) is 1.31. The summed E-state index contributed by atoms with van der Waals surface area (Å²) in [6, 6.07) is 15.3. The first-order valence-electron chi connectivity index (χ1n) is 15.0. The van der Waals surface area contributed by atoms with Crippen molar-refractivity contribution >= 4 is 30.6 Å². The molecule has 4 aromatic rings. The summed E-state index contributed by atoms with van der Waals surface area (Å²) in [6.07, 6.45) is 2.79. The van der Waals surface area contributed by atoms with Crippen molar-refractivity contribution in [1.29, 1.82) is 0 Å². The second-order valence-electron chi connectivity index (χ2n) is 13.7. The predicted octanol–water partition coefficient (Wildman–Crippen LogP) is 7.01. The largest absolute Gasteiger partial charge is 0.598 e. The highest BCUT2D eigenvalue weighted by Gasteiger charge is 2.40. The van der Waals surface area contributed by atoms with Gasteiger partial charge in [0.1, 0.15) is 10.5 Å². The Morgan fingerprint density at radius 3 is 2.36 bits per heavy atom. The molecule has 3 aromatic heterocycles. The zero-order chi connectivity index (χ0) is 32.5. The summed E-state index contributed by atoms with van der Waals surface area (Å²) in [6.45, 7) is 19.1. The maximum absolute atomic E-state index is 13.0. The molecule has 4 rings (SSSR count). The maximum Gasteiger partial charge on any atom is 0.200 e. The quantitative estimate of drug-likeness (QED) is 0.102. The van der Waals surface area contributed by atoms with Crippen molar-refractivity contribution in [2.45, 2.75) is 96.5 Å². The number of nitrogens with one attached hydrogen (secondary N) is 1. The molecule has 0 aliphatic rings. The maximum atomic E-state index is 13.0. The minimum absolute atomic E-state index is 0.104. The third kappa shape index (κ3) is 7.35. The van der Waals surface area contributed by atoms with E-state index in [4.69, 9.17) is 19.1 Å². The molecule has 9 nitrogen and oxygen atoms in total. The number of nitrogens with zero attached hydrogens (tertiary/aromatic N) is 4. The fraction of sp³-hybridized carbons (Fsp3) is 0.485. The molecule has 2 N–H and O–H groups in total. The summed E-state index contributed by atoms with van der Waals surface area (Å²) in [5.41, 5.74) is 1.90. The normalized spacial score (nSPS) is 14.9. The standard InChI is InChI=1S/C33H47N5O4SSi/c1-11-18-33(39,37-43(40)31(2,3)4)29-16-13-15-26(36-29)23-19-27-25(28(20-23)41-8)21-34-38(27)30-17-12-14-24(35-30)22-42-44(9,10)32(5,6)7/h12-17,19-21,37,39H,11,18,22H2,1-10H3/t33-,43?/m0/s1. The number of hydrogen-bond donors (Lipinski definition) is 2. The lowest BCUT2D eigenvalue weighted by Crippen LogP contribution is -2.51. The Kier molecular flexibility index (Phi) is 9.99. The van der Waals surface area contributed by atoms with E-state index in [1.165, 1.54) is 0 Å². The van der Waals surface area contributed by atoms with Crippen molar-refractivity contribution in [2.24, 2.45) is 0 Å². The number of hydrogen-bond acceptors (Lipinski definition) is 8. The van der Waals surface area contributed by atoms with Gasteiger partial charge in [-0.3, -0.25) is 0 Å². The van der Waals surface area contributed by atoms with Gasteiger partial charge in [-0.15, -0.1) is 4.72 Å². The van der Waals surface area contributed by atoms with Crippen LogP contribution in [0.5, 0.6) is 5.75 Å². The zero-order valence-electron chi connectivity index (χ0n) is 27.7. The van der Waals surface area contributed by atoms with E-state index in [1.807, 2.05) is 70.2 Å². The Hall–Kier alpha value is -2.80. The van der Waals surface area contributed by atoms with Gasteiger partial charge in [0.05, 0.1) is 47.9 Å². The van der Waals surface area contributed by atoms with E-state index in [1.54, 1.807) is 24.1 Å². The molecule has 3 heterocycles. The van der Waals surface area contributed by atoms with E-state index in [9.17, 15) is 9.66 Å². The summed E-state index contributed by atoms with van der Waals surface area (Å²) in [4.78, 5) is 9.75. The van der Waals surface area contributed by atoms with Crippen LogP contribution in [-0.4, -0.2) is 49.6 Å². The molecule has 11 heteroatoms. The monoisotopic (exact) mass is 637 g/mol. The van der Waals surface area contributed by atoms with Crippen LogP contribution in [0.3, 0.4) is 0 Å². The van der Waals surface area contributed by atoms with Crippen LogP contribution in [0, 0.1) is 0 Å². The first kappa shape index (κ1) is 34.1. The van der Waals surface area contributed by atoms with Gasteiger partial charge in [0, 0.05) is 16.9 Å². The van der Waals surface area contributed by atoms with Crippen LogP contribution in [0.2, 0.25) is 18.1 Å². The highest BCUT2D eigenvalue weighted by atomic mass is 32.2. The molecule has 0 spiro atoms. The molecular weight excluding hydrogens is 591 g/mol. The zero-order valence-corrected chi connectivity index (χ0v) is 29.5. The van der Waals surface area contributed by atoms with Crippen LogP contribution in [-0.2, 0) is 28.1 Å². The molecule has 2 atom stereocenters. The van der Waals surface area contributed by atoms with Gasteiger partial charge >= 0.3 is 0 Å². The van der Waals surface area contributed by atoms with Gasteiger partial charge in [-0.05, 0) is 81.7 Å². The number of ether oxygens (including phenoxy) is 1. The lowest BCUT2D eigenvalue weighted by Gasteiger charge is -2.36. The van der Waals surface area contributed by atoms with E-state index in [2.05, 4.69) is 43.7 Å². The highest BCUT2D eigenvalue weighted by molar-refractivity contribution is 7.90. The van der Waals surface area contributed by atoms with Crippen LogP contribution in [0.1, 0.15) is 72.7 Å². The average Bonchev–Trinajstić information content (AvgIpc) is 3.39. The fourth-order valence-corrected chi connectivity index (χ4v) is 6.22. The van der Waals surface area contributed by atoms with Crippen LogP contribution in [0.15, 0.2) is 54.7 Å². The Morgan fingerprint density at radius 1 is 1.02 bits per heavy atom. The van der Waals surface area contributed by atoms with Gasteiger partial charge in [-0.1, -0.05) is 46.2 Å². The molecule has 0 saturated carbocycles. The van der Waals surface area contributed by atoms with Gasteiger partial charge in [0.2, 0.25) is 0 Å². The predicted molar refractivity (Wildman–Crippen MR) is 180 cm³/mol. The molecule has 238 valence electrons. The van der Waals surface area contributed by atoms with Gasteiger partial charge in [-0.25, -0.2) is 14.6 Å². The first-order valence-corrected chi connectivity index (χ1v) is 19.1. The van der Waals surface area contributed by atoms with E-state index in [0.717, 1.165) is 22.2 Å². The van der Waals surface area contributed by atoms with Gasteiger partial charge in [0.15, 0.2) is 19.9 Å². The number of benzene rings is 1. The van der Waals surface area contributed by atoms with Crippen molar-refractivity contribution < 1.29 is 18.8 Å². The molecule has 0 saturated heterocycles.